The Morgan fingerprint density at radius 1 is 1.24 bits per heavy atom. The Morgan fingerprint density at radius 3 is 2.41 bits per heavy atom. The predicted molar refractivity (Wildman–Crippen MR) is 126 cm³/mol. The van der Waals surface area contributed by atoms with Crippen molar-refractivity contribution in [2.24, 2.45) is 4.99 Å². The lowest BCUT2D eigenvalue weighted by atomic mass is 10.1. The van der Waals surface area contributed by atoms with Crippen LogP contribution < -0.4 is 10.6 Å². The molecular weight excluding hydrogens is 489 g/mol. The van der Waals surface area contributed by atoms with Gasteiger partial charge in [-0.2, -0.15) is 0 Å². The Morgan fingerprint density at radius 2 is 1.86 bits per heavy atom. The number of likely N-dealkylation sites (N-methyl/N-ethyl adjacent to an activating group) is 1. The smallest absolute Gasteiger partial charge is 0.410 e. The van der Waals surface area contributed by atoms with Gasteiger partial charge in [0.1, 0.15) is 5.60 Å². The fraction of sp³-hybridized carbons (Fsp3) is 0.895. The molecule has 0 spiro atoms. The second kappa shape index (κ2) is 13.5. The minimum Gasteiger partial charge on any atom is -0.444 e. The molecule has 0 aromatic heterocycles. The maximum absolute atomic E-state index is 12.0. The summed E-state index contributed by atoms with van der Waals surface area (Å²) in [7, 11) is 1.70. The van der Waals surface area contributed by atoms with Crippen LogP contribution in [0, 0.1) is 0 Å². The van der Waals surface area contributed by atoms with Crippen molar-refractivity contribution in [2.75, 3.05) is 66.1 Å². The number of guanidine groups is 1. The number of aliphatic hydroxyl groups is 1. The van der Waals surface area contributed by atoms with Gasteiger partial charge in [-0.15, -0.1) is 24.0 Å². The average molecular weight is 529 g/mol. The highest BCUT2D eigenvalue weighted by atomic mass is 127. The summed E-state index contributed by atoms with van der Waals surface area (Å²) in [4.78, 5) is 20.2. The normalized spacial score (nSPS) is 17.7. The number of hydrogen-bond acceptors (Lipinski definition) is 6. The molecule has 0 saturated carbocycles. The first-order chi connectivity index (χ1) is 13.0. The number of β-amino-alcohol motifs (C(OH)–C–C–N with tert-alkyl or cyclic N) is 1. The minimum atomic E-state index is -0.924. The largest absolute Gasteiger partial charge is 0.444 e. The van der Waals surface area contributed by atoms with Crippen molar-refractivity contribution in [3.05, 3.63) is 0 Å². The quantitative estimate of drug-likeness (QED) is 0.246. The van der Waals surface area contributed by atoms with Crippen molar-refractivity contribution < 1.29 is 19.4 Å². The van der Waals surface area contributed by atoms with Gasteiger partial charge >= 0.3 is 6.09 Å². The lowest BCUT2D eigenvalue weighted by Gasteiger charge is -2.33. The third kappa shape index (κ3) is 13.1. The highest BCUT2D eigenvalue weighted by molar-refractivity contribution is 14.0. The van der Waals surface area contributed by atoms with Crippen LogP contribution in [-0.2, 0) is 9.47 Å². The number of aliphatic imine (C=N–C) groups is 1. The Kier molecular flexibility index (Phi) is 13.1. The molecule has 1 rings (SSSR count). The second-order valence-electron chi connectivity index (χ2n) is 8.41. The average Bonchev–Trinajstić information content (AvgIpc) is 2.58. The molecule has 172 valence electrons. The molecule has 3 N–H and O–H groups in total. The third-order valence-corrected chi connectivity index (χ3v) is 4.03. The van der Waals surface area contributed by atoms with Crippen LogP contribution in [0.1, 0.15) is 34.6 Å². The topological polar surface area (TPSA) is 98.7 Å². The van der Waals surface area contributed by atoms with Crippen LogP contribution in [0.5, 0.6) is 0 Å². The SMILES string of the molecule is CCNC(=NCC(C)(O)CN1CCOCC1)NCCN(C)C(=O)OC(C)(C)C.I. The van der Waals surface area contributed by atoms with Crippen LogP contribution in [0.25, 0.3) is 0 Å². The zero-order valence-electron chi connectivity index (χ0n) is 18.8. The molecule has 1 atom stereocenters. The van der Waals surface area contributed by atoms with Crippen LogP contribution in [-0.4, -0.2) is 104 Å². The van der Waals surface area contributed by atoms with Gasteiger partial charge in [-0.05, 0) is 34.6 Å². The fourth-order valence-corrected chi connectivity index (χ4v) is 2.66. The standard InChI is InChI=1S/C19H39N5O4.HI/c1-7-20-16(21-8-9-23(6)17(25)28-18(2,3)4)22-14-19(5,26)15-24-10-12-27-13-11-24;/h26H,7-15H2,1-6H3,(H2,20,21,22);1H. The summed E-state index contributed by atoms with van der Waals surface area (Å²) in [5, 5.41) is 17.0. The van der Waals surface area contributed by atoms with Gasteiger partial charge in [-0.3, -0.25) is 9.89 Å². The summed E-state index contributed by atoms with van der Waals surface area (Å²) in [6, 6.07) is 0. The van der Waals surface area contributed by atoms with Gasteiger partial charge in [0.05, 0.1) is 25.4 Å². The van der Waals surface area contributed by atoms with Crippen LogP contribution in [0.15, 0.2) is 4.99 Å². The van der Waals surface area contributed by atoms with E-state index in [0.29, 0.717) is 45.4 Å². The molecule has 1 heterocycles. The number of rotatable bonds is 8. The molecule has 10 heteroatoms. The molecule has 0 aromatic carbocycles. The van der Waals surface area contributed by atoms with Gasteiger partial charge in [0.15, 0.2) is 5.96 Å². The van der Waals surface area contributed by atoms with Crippen molar-refractivity contribution in [3.8, 4) is 0 Å². The Labute approximate surface area is 192 Å². The van der Waals surface area contributed by atoms with Crippen LogP contribution in [0.2, 0.25) is 0 Å². The van der Waals surface area contributed by atoms with E-state index in [1.807, 2.05) is 27.7 Å². The van der Waals surface area contributed by atoms with E-state index < -0.39 is 11.2 Å². The monoisotopic (exact) mass is 529 g/mol. The molecule has 1 aliphatic heterocycles. The summed E-state index contributed by atoms with van der Waals surface area (Å²) in [6.45, 7) is 14.9. The summed E-state index contributed by atoms with van der Waals surface area (Å²) in [5.74, 6) is 0.613. The number of halogens is 1. The molecule has 1 saturated heterocycles. The van der Waals surface area contributed by atoms with Crippen LogP contribution >= 0.6 is 24.0 Å². The Hall–Kier alpha value is -0.850. The summed E-state index contributed by atoms with van der Waals surface area (Å²) in [6.07, 6.45) is -0.357. The predicted octanol–water partition coefficient (Wildman–Crippen LogP) is 1.11. The number of carbonyl (C=O) groups excluding carboxylic acids is 1. The van der Waals surface area contributed by atoms with Gasteiger partial charge in [-0.1, -0.05) is 0 Å². The zero-order chi connectivity index (χ0) is 21.2. The first-order valence-corrected chi connectivity index (χ1v) is 10.0. The van der Waals surface area contributed by atoms with E-state index in [2.05, 4.69) is 20.5 Å². The second-order valence-corrected chi connectivity index (χ2v) is 8.41. The lowest BCUT2D eigenvalue weighted by Crippen LogP contribution is -2.48. The summed E-state index contributed by atoms with van der Waals surface area (Å²) < 4.78 is 10.7. The number of ether oxygens (including phenoxy) is 2. The first kappa shape index (κ1) is 28.1. The molecule has 0 aromatic rings. The van der Waals surface area contributed by atoms with Crippen LogP contribution in [0.4, 0.5) is 4.79 Å². The summed E-state index contributed by atoms with van der Waals surface area (Å²) >= 11 is 0. The molecule has 1 fully saturated rings. The van der Waals surface area contributed by atoms with Gasteiger partial charge in [0.25, 0.3) is 0 Å². The minimum absolute atomic E-state index is 0. The molecule has 1 amide bonds. The number of nitrogens with zero attached hydrogens (tertiary/aromatic N) is 3. The molecular formula is C19H40IN5O4. The van der Waals surface area contributed by atoms with E-state index >= 15 is 0 Å². The molecule has 9 nitrogen and oxygen atoms in total. The third-order valence-electron chi connectivity index (χ3n) is 4.03. The molecule has 29 heavy (non-hydrogen) atoms. The highest BCUT2D eigenvalue weighted by Crippen LogP contribution is 2.10. The van der Waals surface area contributed by atoms with E-state index in [-0.39, 0.29) is 36.6 Å². The lowest BCUT2D eigenvalue weighted by molar-refractivity contribution is -0.0180. The van der Waals surface area contributed by atoms with E-state index in [0.717, 1.165) is 13.1 Å². The first-order valence-electron chi connectivity index (χ1n) is 10.0. The maximum atomic E-state index is 12.0. The fourth-order valence-electron chi connectivity index (χ4n) is 2.66. The number of nitrogens with one attached hydrogen (secondary N) is 2. The van der Waals surface area contributed by atoms with Crippen molar-refractivity contribution in [2.45, 2.75) is 45.8 Å². The van der Waals surface area contributed by atoms with Crippen molar-refractivity contribution in [3.63, 3.8) is 0 Å². The zero-order valence-corrected chi connectivity index (χ0v) is 21.1. The number of carbonyl (C=O) groups is 1. The van der Waals surface area contributed by atoms with E-state index in [9.17, 15) is 9.90 Å². The number of morpholine rings is 1. The van der Waals surface area contributed by atoms with Crippen molar-refractivity contribution >= 4 is 36.0 Å². The molecule has 0 bridgehead atoms. The Balaban J connectivity index is 0.00000784. The van der Waals surface area contributed by atoms with Crippen molar-refractivity contribution in [1.82, 2.24) is 20.4 Å². The molecule has 1 unspecified atom stereocenters. The van der Waals surface area contributed by atoms with Gasteiger partial charge in [0, 0.05) is 46.3 Å². The molecule has 0 aliphatic carbocycles. The van der Waals surface area contributed by atoms with E-state index in [1.54, 1.807) is 14.0 Å². The number of amides is 1. The van der Waals surface area contributed by atoms with Crippen molar-refractivity contribution in [1.29, 1.82) is 0 Å². The summed E-state index contributed by atoms with van der Waals surface area (Å²) in [5.41, 5.74) is -1.44. The van der Waals surface area contributed by atoms with Crippen LogP contribution in [0.3, 0.4) is 0 Å². The Bertz CT molecular complexity index is 505. The van der Waals surface area contributed by atoms with Gasteiger partial charge in [-0.25, -0.2) is 4.79 Å². The van der Waals surface area contributed by atoms with E-state index in [1.165, 1.54) is 4.90 Å². The highest BCUT2D eigenvalue weighted by Gasteiger charge is 2.25. The van der Waals surface area contributed by atoms with Gasteiger partial charge in [0.2, 0.25) is 0 Å². The molecule has 0 radical (unpaired) electrons. The number of hydrogen-bond donors (Lipinski definition) is 3. The maximum Gasteiger partial charge on any atom is 0.410 e. The molecule has 1 aliphatic rings. The van der Waals surface area contributed by atoms with E-state index in [4.69, 9.17) is 9.47 Å². The van der Waals surface area contributed by atoms with Gasteiger partial charge < -0.3 is 30.1 Å².